The van der Waals surface area contributed by atoms with Crippen LogP contribution >= 0.6 is 11.3 Å². The number of aromatic hydroxyl groups is 1. The van der Waals surface area contributed by atoms with Crippen LogP contribution in [0.2, 0.25) is 0 Å². The van der Waals surface area contributed by atoms with Gasteiger partial charge in [0.25, 0.3) is 5.56 Å². The summed E-state index contributed by atoms with van der Waals surface area (Å²) < 4.78 is 12.3. The van der Waals surface area contributed by atoms with Crippen LogP contribution in [0.15, 0.2) is 69.6 Å². The fourth-order valence-corrected chi connectivity index (χ4v) is 4.74. The number of nitrogens with zero attached hydrogens (tertiary/aromatic N) is 2. The van der Waals surface area contributed by atoms with Crippen LogP contribution in [0.3, 0.4) is 0 Å². The van der Waals surface area contributed by atoms with Crippen LogP contribution in [-0.2, 0) is 9.53 Å². The second kappa shape index (κ2) is 8.84. The molecule has 7 nitrogen and oxygen atoms in total. The van der Waals surface area contributed by atoms with E-state index in [-0.39, 0.29) is 17.9 Å². The topological polar surface area (TPSA) is 90.1 Å². The molecule has 0 fully saturated rings. The summed E-state index contributed by atoms with van der Waals surface area (Å²) in [6, 6.07) is 13.6. The van der Waals surface area contributed by atoms with E-state index < -0.39 is 12.0 Å². The van der Waals surface area contributed by atoms with E-state index in [1.807, 2.05) is 30.3 Å². The number of fused-ring (bicyclic) bond motifs is 1. The number of esters is 1. The van der Waals surface area contributed by atoms with Crippen molar-refractivity contribution in [2.45, 2.75) is 19.9 Å². The zero-order chi connectivity index (χ0) is 22.8. The van der Waals surface area contributed by atoms with Gasteiger partial charge >= 0.3 is 5.97 Å². The Kier molecular flexibility index (Phi) is 5.96. The van der Waals surface area contributed by atoms with E-state index in [0.29, 0.717) is 31.9 Å². The van der Waals surface area contributed by atoms with Crippen LogP contribution in [-0.4, -0.2) is 29.4 Å². The summed E-state index contributed by atoms with van der Waals surface area (Å²) in [5.74, 6) is -0.157. The quantitative estimate of drug-likeness (QED) is 0.604. The van der Waals surface area contributed by atoms with Crippen molar-refractivity contribution in [3.8, 4) is 11.5 Å². The Balaban J connectivity index is 1.92. The van der Waals surface area contributed by atoms with Gasteiger partial charge in [0.05, 0.1) is 35.6 Å². The Hall–Kier alpha value is -3.65. The largest absolute Gasteiger partial charge is 0.504 e. The third-order valence-electron chi connectivity index (χ3n) is 5.13. The minimum absolute atomic E-state index is 0.0170. The first kappa shape index (κ1) is 21.6. The Morgan fingerprint density at radius 3 is 2.66 bits per heavy atom. The number of ether oxygens (including phenoxy) is 2. The fourth-order valence-electron chi connectivity index (χ4n) is 3.69. The van der Waals surface area contributed by atoms with Crippen molar-refractivity contribution in [1.82, 2.24) is 4.57 Å². The Morgan fingerprint density at radius 2 is 2.00 bits per heavy atom. The number of phenolic OH excluding ortho intramolecular Hbond substituents is 1. The van der Waals surface area contributed by atoms with E-state index in [2.05, 4.69) is 4.99 Å². The van der Waals surface area contributed by atoms with Crippen molar-refractivity contribution >= 4 is 23.4 Å². The van der Waals surface area contributed by atoms with Crippen molar-refractivity contribution in [2.75, 3.05) is 13.7 Å². The highest BCUT2D eigenvalue weighted by molar-refractivity contribution is 7.07. The lowest BCUT2D eigenvalue weighted by atomic mass is 9.96. The molecule has 4 rings (SSSR count). The number of phenols is 1. The first-order chi connectivity index (χ1) is 15.4. The zero-order valence-electron chi connectivity index (χ0n) is 17.9. The number of allylic oxidation sites excluding steroid dienone is 1. The molecule has 0 bridgehead atoms. The molecule has 1 N–H and O–H groups in total. The number of carbonyl (C=O) groups is 1. The normalized spacial score (nSPS) is 15.8. The summed E-state index contributed by atoms with van der Waals surface area (Å²) in [5, 5.41) is 10.1. The van der Waals surface area contributed by atoms with Gasteiger partial charge in [-0.05, 0) is 43.2 Å². The molecule has 164 valence electrons. The first-order valence-electron chi connectivity index (χ1n) is 10.1. The van der Waals surface area contributed by atoms with Gasteiger partial charge in [-0.1, -0.05) is 47.7 Å². The molecule has 32 heavy (non-hydrogen) atoms. The number of rotatable bonds is 5. The molecule has 0 amide bonds. The summed E-state index contributed by atoms with van der Waals surface area (Å²) >= 11 is 1.23. The number of hydrogen-bond acceptors (Lipinski definition) is 7. The third-order valence-corrected chi connectivity index (χ3v) is 6.12. The van der Waals surface area contributed by atoms with Crippen LogP contribution in [0.1, 0.15) is 31.0 Å². The van der Waals surface area contributed by atoms with Crippen molar-refractivity contribution in [3.05, 3.63) is 90.6 Å². The molecule has 0 unspecified atom stereocenters. The lowest BCUT2D eigenvalue weighted by molar-refractivity contribution is -0.139. The highest BCUT2D eigenvalue weighted by Crippen LogP contribution is 2.30. The Labute approximate surface area is 188 Å². The van der Waals surface area contributed by atoms with Crippen LogP contribution in [0, 0.1) is 0 Å². The molecule has 8 heteroatoms. The third kappa shape index (κ3) is 3.85. The molecular formula is C24H22N2O5S. The van der Waals surface area contributed by atoms with E-state index >= 15 is 0 Å². The number of thiazole rings is 1. The minimum Gasteiger partial charge on any atom is -0.504 e. The maximum atomic E-state index is 13.5. The first-order valence-corrected chi connectivity index (χ1v) is 10.9. The van der Waals surface area contributed by atoms with Crippen LogP contribution < -0.4 is 19.6 Å². The van der Waals surface area contributed by atoms with Gasteiger partial charge in [-0.3, -0.25) is 9.36 Å². The SMILES string of the molecule is CCOC(=O)C1=C(C)N=c2s/c(=C\c3ccc(OC)c(O)c3)c(=O)n2[C@H]1c1ccccc1. The number of hydrogen-bond donors (Lipinski definition) is 1. The van der Waals surface area contributed by atoms with Gasteiger partial charge in [-0.25, -0.2) is 9.79 Å². The van der Waals surface area contributed by atoms with Crippen molar-refractivity contribution < 1.29 is 19.4 Å². The molecule has 1 aliphatic heterocycles. The highest BCUT2D eigenvalue weighted by Gasteiger charge is 2.33. The van der Waals surface area contributed by atoms with Gasteiger partial charge in [0.2, 0.25) is 0 Å². The van der Waals surface area contributed by atoms with E-state index in [1.165, 1.54) is 29.1 Å². The van der Waals surface area contributed by atoms with Gasteiger partial charge in [0.15, 0.2) is 16.3 Å². The van der Waals surface area contributed by atoms with Crippen LogP contribution in [0.4, 0.5) is 0 Å². The molecule has 0 aliphatic carbocycles. The molecule has 1 aromatic heterocycles. The molecule has 1 atom stereocenters. The highest BCUT2D eigenvalue weighted by atomic mass is 32.1. The maximum Gasteiger partial charge on any atom is 0.338 e. The second-order valence-corrected chi connectivity index (χ2v) is 8.15. The number of aromatic nitrogens is 1. The molecule has 0 saturated heterocycles. The van der Waals surface area contributed by atoms with Crippen molar-refractivity contribution in [2.24, 2.45) is 4.99 Å². The maximum absolute atomic E-state index is 13.5. The monoisotopic (exact) mass is 450 g/mol. The predicted molar refractivity (Wildman–Crippen MR) is 121 cm³/mol. The summed E-state index contributed by atoms with van der Waals surface area (Å²) in [6.07, 6.45) is 1.69. The molecule has 2 aromatic carbocycles. The standard InChI is InChI=1S/C24H22N2O5S/c1-4-31-23(29)20-14(2)25-24-26(21(20)16-8-6-5-7-9-16)22(28)19(32-24)13-15-10-11-18(30-3)17(27)12-15/h5-13,21,27H,4H2,1-3H3/b19-13-/t21-/m0/s1. The molecule has 0 spiro atoms. The average molecular weight is 451 g/mol. The summed E-state index contributed by atoms with van der Waals surface area (Å²) in [5.41, 5.74) is 2.03. The summed E-state index contributed by atoms with van der Waals surface area (Å²) in [6.45, 7) is 3.72. The Morgan fingerprint density at radius 1 is 1.25 bits per heavy atom. The second-order valence-electron chi connectivity index (χ2n) is 7.14. The van der Waals surface area contributed by atoms with E-state index in [4.69, 9.17) is 9.47 Å². The number of carbonyl (C=O) groups excluding carboxylic acids is 1. The summed E-state index contributed by atoms with van der Waals surface area (Å²) in [4.78, 5) is 31.3. The molecule has 3 aromatic rings. The van der Waals surface area contributed by atoms with Gasteiger partial charge in [0.1, 0.15) is 0 Å². The number of methoxy groups -OCH3 is 1. The van der Waals surface area contributed by atoms with E-state index in [1.54, 1.807) is 32.1 Å². The molecule has 0 saturated carbocycles. The van der Waals surface area contributed by atoms with Gasteiger partial charge < -0.3 is 14.6 Å². The lowest BCUT2D eigenvalue weighted by Crippen LogP contribution is -2.39. The minimum atomic E-state index is -0.641. The molecule has 1 aliphatic rings. The Bertz CT molecular complexity index is 1390. The van der Waals surface area contributed by atoms with E-state index in [0.717, 1.165) is 5.56 Å². The fraction of sp³-hybridized carbons (Fsp3) is 0.208. The van der Waals surface area contributed by atoms with Crippen molar-refractivity contribution in [1.29, 1.82) is 0 Å². The predicted octanol–water partition coefficient (Wildman–Crippen LogP) is 2.51. The van der Waals surface area contributed by atoms with Gasteiger partial charge in [-0.2, -0.15) is 0 Å². The lowest BCUT2D eigenvalue weighted by Gasteiger charge is -2.24. The summed E-state index contributed by atoms with van der Waals surface area (Å²) in [7, 11) is 1.47. The van der Waals surface area contributed by atoms with Gasteiger partial charge in [-0.15, -0.1) is 0 Å². The van der Waals surface area contributed by atoms with E-state index in [9.17, 15) is 14.7 Å². The zero-order valence-corrected chi connectivity index (χ0v) is 18.7. The number of benzene rings is 2. The molecular weight excluding hydrogens is 428 g/mol. The molecule has 0 radical (unpaired) electrons. The average Bonchev–Trinajstić information content (AvgIpc) is 3.08. The molecule has 2 heterocycles. The van der Waals surface area contributed by atoms with Crippen LogP contribution in [0.25, 0.3) is 6.08 Å². The smallest absolute Gasteiger partial charge is 0.338 e. The van der Waals surface area contributed by atoms with Crippen molar-refractivity contribution in [3.63, 3.8) is 0 Å². The van der Waals surface area contributed by atoms with Crippen LogP contribution in [0.5, 0.6) is 11.5 Å². The van der Waals surface area contributed by atoms with Gasteiger partial charge in [0, 0.05) is 0 Å².